The molecule has 0 saturated carbocycles. The van der Waals surface area contributed by atoms with Crippen LogP contribution in [0.5, 0.6) is 0 Å². The molecule has 12 heavy (non-hydrogen) atoms. The summed E-state index contributed by atoms with van der Waals surface area (Å²) in [5, 5.41) is 0.784. The molecular formula is C10H10Cl2. The van der Waals surface area contributed by atoms with E-state index in [9.17, 15) is 0 Å². The van der Waals surface area contributed by atoms with Gasteiger partial charge in [-0.15, -0.1) is 11.6 Å². The van der Waals surface area contributed by atoms with Gasteiger partial charge in [-0.3, -0.25) is 0 Å². The Balaban J connectivity index is 2.57. The van der Waals surface area contributed by atoms with Crippen LogP contribution in [0.3, 0.4) is 0 Å². The van der Waals surface area contributed by atoms with Crippen molar-refractivity contribution in [1.82, 2.24) is 0 Å². The minimum atomic E-state index is 0.570. The minimum absolute atomic E-state index is 0.570. The van der Waals surface area contributed by atoms with Gasteiger partial charge >= 0.3 is 0 Å². The number of halogens is 2. The highest BCUT2D eigenvalue weighted by Gasteiger charge is 1.89. The summed E-state index contributed by atoms with van der Waals surface area (Å²) in [4.78, 5) is 0. The molecule has 0 spiro atoms. The Kier molecular flexibility index (Phi) is 4.20. The maximum atomic E-state index is 5.81. The lowest BCUT2D eigenvalue weighted by atomic mass is 10.1. The molecule has 0 bridgehead atoms. The van der Waals surface area contributed by atoms with Gasteiger partial charge in [0.25, 0.3) is 0 Å². The second-order valence-corrected chi connectivity index (χ2v) is 3.20. The van der Waals surface area contributed by atoms with Gasteiger partial charge in [-0.2, -0.15) is 0 Å². The summed E-state index contributed by atoms with van der Waals surface area (Å²) in [5.41, 5.74) is 1.21. The van der Waals surface area contributed by atoms with Gasteiger partial charge in [0.05, 0.1) is 0 Å². The smallest absolute Gasteiger partial charge is 0.0408 e. The van der Waals surface area contributed by atoms with Crippen LogP contribution in [0.15, 0.2) is 36.4 Å². The Morgan fingerprint density at radius 1 is 1.25 bits per heavy atom. The number of benzene rings is 1. The van der Waals surface area contributed by atoms with Crippen molar-refractivity contribution in [2.75, 3.05) is 5.88 Å². The summed E-state index contributed by atoms with van der Waals surface area (Å²) in [6.07, 6.45) is 4.87. The van der Waals surface area contributed by atoms with E-state index in [4.69, 9.17) is 23.2 Å². The number of hydrogen-bond acceptors (Lipinski definition) is 0. The first-order chi connectivity index (χ1) is 5.83. The fourth-order valence-electron chi connectivity index (χ4n) is 0.946. The zero-order valence-corrected chi connectivity index (χ0v) is 8.15. The van der Waals surface area contributed by atoms with E-state index in [-0.39, 0.29) is 0 Å². The van der Waals surface area contributed by atoms with Crippen molar-refractivity contribution in [3.05, 3.63) is 47.0 Å². The third-order valence-corrected chi connectivity index (χ3v) is 1.91. The molecule has 0 N–H and O–H groups in total. The van der Waals surface area contributed by atoms with E-state index in [0.29, 0.717) is 5.88 Å². The first-order valence-electron chi connectivity index (χ1n) is 3.78. The van der Waals surface area contributed by atoms with Crippen molar-refractivity contribution in [3.8, 4) is 0 Å². The second-order valence-electron chi connectivity index (χ2n) is 2.46. The molecule has 0 radical (unpaired) electrons. The van der Waals surface area contributed by atoms with Gasteiger partial charge < -0.3 is 0 Å². The van der Waals surface area contributed by atoms with Crippen molar-refractivity contribution >= 4 is 23.2 Å². The highest BCUT2D eigenvalue weighted by Crippen LogP contribution is 2.11. The van der Waals surface area contributed by atoms with Crippen molar-refractivity contribution in [3.63, 3.8) is 0 Å². The predicted octanol–water partition coefficient (Wildman–Crippen LogP) is 3.68. The third-order valence-electron chi connectivity index (χ3n) is 1.50. The van der Waals surface area contributed by atoms with E-state index in [1.165, 1.54) is 5.56 Å². The van der Waals surface area contributed by atoms with Gasteiger partial charge in [-0.05, 0) is 24.1 Å². The number of alkyl halides is 1. The van der Waals surface area contributed by atoms with E-state index in [0.717, 1.165) is 11.4 Å². The molecule has 0 unspecified atom stereocenters. The topological polar surface area (TPSA) is 0 Å². The van der Waals surface area contributed by atoms with Crippen LogP contribution in [0.2, 0.25) is 5.02 Å². The molecule has 2 heteroatoms. The van der Waals surface area contributed by atoms with Crippen molar-refractivity contribution < 1.29 is 0 Å². The van der Waals surface area contributed by atoms with Crippen LogP contribution in [0.25, 0.3) is 0 Å². The van der Waals surface area contributed by atoms with E-state index in [1.807, 2.05) is 36.4 Å². The fourth-order valence-corrected chi connectivity index (χ4v) is 1.29. The van der Waals surface area contributed by atoms with Crippen LogP contribution in [-0.2, 0) is 6.42 Å². The van der Waals surface area contributed by atoms with Gasteiger partial charge in [-0.25, -0.2) is 0 Å². The average molecular weight is 201 g/mol. The lowest BCUT2D eigenvalue weighted by Crippen LogP contribution is -1.79. The Hall–Kier alpha value is -0.460. The van der Waals surface area contributed by atoms with E-state index in [2.05, 4.69) is 0 Å². The molecule has 1 aromatic carbocycles. The fraction of sp³-hybridized carbons (Fsp3) is 0.200. The summed E-state index contributed by atoms with van der Waals surface area (Å²) in [7, 11) is 0. The summed E-state index contributed by atoms with van der Waals surface area (Å²) in [6.45, 7) is 0. The highest BCUT2D eigenvalue weighted by atomic mass is 35.5. The first-order valence-corrected chi connectivity index (χ1v) is 4.69. The molecule has 0 fully saturated rings. The van der Waals surface area contributed by atoms with Crippen molar-refractivity contribution in [1.29, 1.82) is 0 Å². The monoisotopic (exact) mass is 200 g/mol. The lowest BCUT2D eigenvalue weighted by Gasteiger charge is -1.95. The maximum absolute atomic E-state index is 5.81. The summed E-state index contributed by atoms with van der Waals surface area (Å²) in [5.74, 6) is 0.570. The van der Waals surface area contributed by atoms with Crippen LogP contribution in [0, 0.1) is 0 Å². The van der Waals surface area contributed by atoms with Crippen LogP contribution in [-0.4, -0.2) is 5.88 Å². The van der Waals surface area contributed by atoms with Crippen LogP contribution in [0.4, 0.5) is 0 Å². The Morgan fingerprint density at radius 3 is 2.75 bits per heavy atom. The molecule has 0 aliphatic heterocycles. The van der Waals surface area contributed by atoms with Crippen LogP contribution < -0.4 is 0 Å². The normalized spacial score (nSPS) is 10.8. The maximum Gasteiger partial charge on any atom is 0.0408 e. The molecule has 64 valence electrons. The molecule has 0 nitrogen and oxygen atoms in total. The molecule has 0 aliphatic rings. The molecular weight excluding hydrogens is 191 g/mol. The van der Waals surface area contributed by atoms with E-state index < -0.39 is 0 Å². The highest BCUT2D eigenvalue weighted by molar-refractivity contribution is 6.30. The SMILES string of the molecule is ClC/C=C/Cc1cccc(Cl)c1. The van der Waals surface area contributed by atoms with Gasteiger partial charge in [-0.1, -0.05) is 35.9 Å². The number of allylic oxidation sites excluding steroid dienone is 2. The van der Waals surface area contributed by atoms with Gasteiger partial charge in [0, 0.05) is 10.9 Å². The molecule has 1 rings (SSSR count). The Labute approximate surface area is 82.8 Å². The second kappa shape index (κ2) is 5.23. The average Bonchev–Trinajstić information content (AvgIpc) is 2.05. The Bertz CT molecular complexity index is 266. The van der Waals surface area contributed by atoms with Gasteiger partial charge in [0.15, 0.2) is 0 Å². The minimum Gasteiger partial charge on any atom is -0.122 e. The summed E-state index contributed by atoms with van der Waals surface area (Å²) in [6, 6.07) is 7.83. The van der Waals surface area contributed by atoms with Gasteiger partial charge in [0.2, 0.25) is 0 Å². The molecule has 1 aromatic rings. The summed E-state index contributed by atoms with van der Waals surface area (Å²) < 4.78 is 0. The largest absolute Gasteiger partial charge is 0.122 e. The molecule has 0 amide bonds. The molecule has 0 atom stereocenters. The van der Waals surface area contributed by atoms with Crippen LogP contribution >= 0.6 is 23.2 Å². The predicted molar refractivity (Wildman–Crippen MR) is 55.0 cm³/mol. The summed E-state index contributed by atoms with van der Waals surface area (Å²) >= 11 is 11.3. The quantitative estimate of drug-likeness (QED) is 0.516. The van der Waals surface area contributed by atoms with E-state index in [1.54, 1.807) is 0 Å². The Morgan fingerprint density at radius 2 is 2.08 bits per heavy atom. The molecule has 0 heterocycles. The zero-order valence-electron chi connectivity index (χ0n) is 6.63. The van der Waals surface area contributed by atoms with Gasteiger partial charge in [0.1, 0.15) is 0 Å². The van der Waals surface area contributed by atoms with E-state index >= 15 is 0 Å². The standard InChI is InChI=1S/C10H10Cl2/c11-7-2-1-4-9-5-3-6-10(12)8-9/h1-3,5-6,8H,4,7H2/b2-1+. The zero-order chi connectivity index (χ0) is 8.81. The first kappa shape index (κ1) is 9.63. The van der Waals surface area contributed by atoms with Crippen molar-refractivity contribution in [2.45, 2.75) is 6.42 Å². The molecule has 0 aromatic heterocycles. The lowest BCUT2D eigenvalue weighted by molar-refractivity contribution is 1.26. The number of rotatable bonds is 3. The van der Waals surface area contributed by atoms with Crippen molar-refractivity contribution in [2.24, 2.45) is 0 Å². The third kappa shape index (κ3) is 3.29. The molecule has 0 aliphatic carbocycles. The van der Waals surface area contributed by atoms with Crippen LogP contribution in [0.1, 0.15) is 5.56 Å². The molecule has 0 saturated heterocycles. The number of hydrogen-bond donors (Lipinski definition) is 0.